The molecule has 4 heteroatoms. The van der Waals surface area contributed by atoms with Crippen LogP contribution < -0.4 is 5.73 Å². The number of hydrogen-bond donors (Lipinski definition) is 1. The zero-order valence-corrected chi connectivity index (χ0v) is 11.4. The van der Waals surface area contributed by atoms with Crippen LogP contribution in [0.3, 0.4) is 0 Å². The summed E-state index contributed by atoms with van der Waals surface area (Å²) >= 11 is 0. The van der Waals surface area contributed by atoms with Gasteiger partial charge in [0, 0.05) is 0 Å². The van der Waals surface area contributed by atoms with Crippen LogP contribution in [-0.4, -0.2) is 10.1 Å². The van der Waals surface area contributed by atoms with E-state index in [1.54, 1.807) is 0 Å². The van der Waals surface area contributed by atoms with Crippen molar-refractivity contribution in [1.82, 2.24) is 10.1 Å². The molecule has 0 amide bonds. The van der Waals surface area contributed by atoms with Crippen LogP contribution in [0.25, 0.3) is 0 Å². The van der Waals surface area contributed by atoms with Crippen molar-refractivity contribution in [2.45, 2.75) is 44.1 Å². The highest BCUT2D eigenvalue weighted by molar-refractivity contribution is 5.38. The van der Waals surface area contributed by atoms with Gasteiger partial charge >= 0.3 is 0 Å². The van der Waals surface area contributed by atoms with Crippen LogP contribution in [0.1, 0.15) is 50.4 Å². The van der Waals surface area contributed by atoms with Crippen LogP contribution in [0.5, 0.6) is 0 Å². The third kappa shape index (κ3) is 1.96. The van der Waals surface area contributed by atoms with Gasteiger partial charge in [0.05, 0.1) is 11.0 Å². The molecule has 1 aliphatic carbocycles. The first-order valence-electron chi connectivity index (χ1n) is 6.77. The van der Waals surface area contributed by atoms with Gasteiger partial charge in [-0.3, -0.25) is 0 Å². The van der Waals surface area contributed by atoms with E-state index in [1.807, 2.05) is 32.0 Å². The molecule has 3 rings (SSSR count). The Labute approximate surface area is 113 Å². The molecule has 1 saturated carbocycles. The lowest BCUT2D eigenvalue weighted by atomic mass is 9.95. The maximum Gasteiger partial charge on any atom is 0.237 e. The van der Waals surface area contributed by atoms with Crippen molar-refractivity contribution in [3.05, 3.63) is 47.6 Å². The van der Waals surface area contributed by atoms with E-state index in [4.69, 9.17) is 10.3 Å². The molecule has 4 nitrogen and oxygen atoms in total. The van der Waals surface area contributed by atoms with E-state index in [0.717, 1.165) is 19.3 Å². The van der Waals surface area contributed by atoms with E-state index in [2.05, 4.69) is 22.3 Å². The second kappa shape index (κ2) is 4.17. The molecule has 19 heavy (non-hydrogen) atoms. The Morgan fingerprint density at radius 2 is 2.00 bits per heavy atom. The monoisotopic (exact) mass is 257 g/mol. The maximum atomic E-state index is 6.17. The standard InChI is InChI=1S/C15H19N3O/c1-3-14(2,16)12-17-13(19-18-12)15(9-10-15)11-7-5-4-6-8-11/h4-8H,3,9-10,16H2,1-2H3. The smallest absolute Gasteiger partial charge is 0.237 e. The van der Waals surface area contributed by atoms with Gasteiger partial charge < -0.3 is 10.3 Å². The van der Waals surface area contributed by atoms with Gasteiger partial charge in [-0.05, 0) is 31.7 Å². The predicted octanol–water partition coefficient (Wildman–Crippen LogP) is 2.73. The number of rotatable bonds is 4. The van der Waals surface area contributed by atoms with E-state index in [1.165, 1.54) is 5.56 Å². The molecule has 0 aliphatic heterocycles. The first-order chi connectivity index (χ1) is 9.08. The van der Waals surface area contributed by atoms with Crippen LogP contribution in [-0.2, 0) is 11.0 Å². The Balaban J connectivity index is 1.96. The number of nitrogens with zero attached hydrogens (tertiary/aromatic N) is 2. The molecule has 100 valence electrons. The fourth-order valence-corrected chi connectivity index (χ4v) is 2.32. The Hall–Kier alpha value is -1.68. The molecule has 0 bridgehead atoms. The Kier molecular flexibility index (Phi) is 2.71. The van der Waals surface area contributed by atoms with E-state index in [0.29, 0.717) is 11.7 Å². The summed E-state index contributed by atoms with van der Waals surface area (Å²) in [6, 6.07) is 10.4. The third-order valence-electron chi connectivity index (χ3n) is 4.16. The first kappa shape index (κ1) is 12.4. The van der Waals surface area contributed by atoms with Crippen molar-refractivity contribution in [2.75, 3.05) is 0 Å². The van der Waals surface area contributed by atoms with E-state index < -0.39 is 5.54 Å². The van der Waals surface area contributed by atoms with Crippen molar-refractivity contribution in [2.24, 2.45) is 5.73 Å². The average Bonchev–Trinajstić information content (AvgIpc) is 3.09. The van der Waals surface area contributed by atoms with Crippen LogP contribution in [0.4, 0.5) is 0 Å². The van der Waals surface area contributed by atoms with Crippen molar-refractivity contribution in [1.29, 1.82) is 0 Å². The predicted molar refractivity (Wildman–Crippen MR) is 72.6 cm³/mol. The largest absolute Gasteiger partial charge is 0.338 e. The molecule has 1 fully saturated rings. The summed E-state index contributed by atoms with van der Waals surface area (Å²) in [4.78, 5) is 4.56. The summed E-state index contributed by atoms with van der Waals surface area (Å²) < 4.78 is 5.49. The fraction of sp³-hybridized carbons (Fsp3) is 0.467. The van der Waals surface area contributed by atoms with Gasteiger partial charge in [0.2, 0.25) is 5.89 Å². The molecule has 1 heterocycles. The number of aromatic nitrogens is 2. The molecular formula is C15H19N3O. The topological polar surface area (TPSA) is 64.9 Å². The number of hydrogen-bond acceptors (Lipinski definition) is 4. The summed E-state index contributed by atoms with van der Waals surface area (Å²) in [5, 5.41) is 4.08. The summed E-state index contributed by atoms with van der Waals surface area (Å²) in [7, 11) is 0. The highest BCUT2D eigenvalue weighted by Gasteiger charge is 2.51. The summed E-state index contributed by atoms with van der Waals surface area (Å²) in [6.45, 7) is 3.96. The second-order valence-corrected chi connectivity index (χ2v) is 5.64. The molecule has 1 aliphatic rings. The van der Waals surface area contributed by atoms with E-state index >= 15 is 0 Å². The molecule has 0 saturated heterocycles. The Morgan fingerprint density at radius 1 is 1.32 bits per heavy atom. The summed E-state index contributed by atoms with van der Waals surface area (Å²) in [5.74, 6) is 1.31. The van der Waals surface area contributed by atoms with E-state index in [-0.39, 0.29) is 5.41 Å². The van der Waals surface area contributed by atoms with Crippen molar-refractivity contribution in [3.63, 3.8) is 0 Å². The molecule has 1 unspecified atom stereocenters. The van der Waals surface area contributed by atoms with Gasteiger partial charge in [-0.25, -0.2) is 0 Å². The molecule has 0 spiro atoms. The van der Waals surface area contributed by atoms with Crippen LogP contribution in [0.2, 0.25) is 0 Å². The lowest BCUT2D eigenvalue weighted by Crippen LogP contribution is -2.33. The lowest BCUT2D eigenvalue weighted by Gasteiger charge is -2.17. The van der Waals surface area contributed by atoms with Crippen LogP contribution in [0, 0.1) is 0 Å². The van der Waals surface area contributed by atoms with Gasteiger partial charge in [-0.2, -0.15) is 4.98 Å². The third-order valence-corrected chi connectivity index (χ3v) is 4.16. The van der Waals surface area contributed by atoms with Gasteiger partial charge in [0.1, 0.15) is 0 Å². The first-order valence-corrected chi connectivity index (χ1v) is 6.77. The average molecular weight is 257 g/mol. The number of nitrogens with two attached hydrogens (primary N) is 1. The van der Waals surface area contributed by atoms with Crippen molar-refractivity contribution in [3.8, 4) is 0 Å². The maximum absolute atomic E-state index is 6.17. The van der Waals surface area contributed by atoms with Crippen LogP contribution >= 0.6 is 0 Å². The highest BCUT2D eigenvalue weighted by Crippen LogP contribution is 2.52. The molecule has 2 N–H and O–H groups in total. The zero-order valence-electron chi connectivity index (χ0n) is 11.4. The minimum absolute atomic E-state index is 0.0731. The fourth-order valence-electron chi connectivity index (χ4n) is 2.32. The van der Waals surface area contributed by atoms with Crippen molar-refractivity contribution < 1.29 is 4.52 Å². The quantitative estimate of drug-likeness (QED) is 0.914. The molecule has 0 radical (unpaired) electrons. The molecule has 1 atom stereocenters. The van der Waals surface area contributed by atoms with Gasteiger partial charge in [-0.1, -0.05) is 42.4 Å². The minimum Gasteiger partial charge on any atom is -0.338 e. The second-order valence-electron chi connectivity index (χ2n) is 5.64. The SMILES string of the molecule is CCC(C)(N)c1noc(C2(c3ccccc3)CC2)n1. The lowest BCUT2D eigenvalue weighted by molar-refractivity contribution is 0.340. The Bertz CT molecular complexity index is 570. The summed E-state index contributed by atoms with van der Waals surface area (Å²) in [5.41, 5.74) is 6.83. The zero-order chi connectivity index (χ0) is 13.5. The highest BCUT2D eigenvalue weighted by atomic mass is 16.5. The van der Waals surface area contributed by atoms with Gasteiger partial charge in [-0.15, -0.1) is 0 Å². The molecule has 1 aromatic heterocycles. The van der Waals surface area contributed by atoms with Gasteiger partial charge in [0.25, 0.3) is 0 Å². The Morgan fingerprint density at radius 3 is 2.58 bits per heavy atom. The van der Waals surface area contributed by atoms with E-state index in [9.17, 15) is 0 Å². The molecule has 2 aromatic rings. The molecular weight excluding hydrogens is 238 g/mol. The van der Waals surface area contributed by atoms with Crippen LogP contribution in [0.15, 0.2) is 34.9 Å². The van der Waals surface area contributed by atoms with Crippen molar-refractivity contribution >= 4 is 0 Å². The normalized spacial score (nSPS) is 19.9. The summed E-state index contributed by atoms with van der Waals surface area (Å²) in [6.07, 6.45) is 2.91. The molecule has 1 aromatic carbocycles. The minimum atomic E-state index is -0.519. The van der Waals surface area contributed by atoms with Gasteiger partial charge in [0.15, 0.2) is 5.82 Å². The number of benzene rings is 1.